The van der Waals surface area contributed by atoms with Gasteiger partial charge in [-0.3, -0.25) is 0 Å². The number of fused-ring (bicyclic) bond motifs is 3. The van der Waals surface area contributed by atoms with Crippen LogP contribution in [0.5, 0.6) is 0 Å². The Morgan fingerprint density at radius 1 is 0.236 bits per heavy atom. The average Bonchev–Trinajstić information content (AvgIpc) is 3.64. The summed E-state index contributed by atoms with van der Waals surface area (Å²) in [5, 5.41) is 2.13. The molecule has 0 amide bonds. The molecule has 10 rings (SSSR count). The van der Waals surface area contributed by atoms with E-state index in [4.69, 9.17) is 19.4 Å². The zero-order chi connectivity index (χ0) is 36.6. The van der Waals surface area contributed by atoms with Crippen molar-refractivity contribution in [2.24, 2.45) is 0 Å². The van der Waals surface area contributed by atoms with Crippen LogP contribution in [-0.4, -0.2) is 15.0 Å². The summed E-state index contributed by atoms with van der Waals surface area (Å²) in [6.07, 6.45) is 0. The molecule has 55 heavy (non-hydrogen) atoms. The highest BCUT2D eigenvalue weighted by molar-refractivity contribution is 6.07. The fourth-order valence-corrected chi connectivity index (χ4v) is 7.30. The molecule has 0 atom stereocenters. The smallest absolute Gasteiger partial charge is 0.164 e. The first-order valence-corrected chi connectivity index (χ1v) is 18.4. The Kier molecular flexibility index (Phi) is 8.12. The Morgan fingerprint density at radius 2 is 0.618 bits per heavy atom. The van der Waals surface area contributed by atoms with Crippen molar-refractivity contribution in [1.82, 2.24) is 15.0 Å². The quantitative estimate of drug-likeness (QED) is 0.166. The number of aromatic nitrogens is 3. The number of rotatable bonds is 7. The van der Waals surface area contributed by atoms with Gasteiger partial charge in [0.15, 0.2) is 17.5 Å². The summed E-state index contributed by atoms with van der Waals surface area (Å²) >= 11 is 0. The molecule has 0 N–H and O–H groups in total. The maximum atomic E-state index is 6.40. The SMILES string of the molecule is c1ccc(-c2cccc(-c3cccc(-c4cccc(-c5nc(-c6ccccc6)nc(-c6ccc7c(c6)oc6ccc(-c8ccccc8)cc67)n5)c4)c3)c2)cc1. The van der Waals surface area contributed by atoms with Gasteiger partial charge in [0, 0.05) is 27.5 Å². The van der Waals surface area contributed by atoms with E-state index >= 15 is 0 Å². The molecule has 258 valence electrons. The third-order valence-electron chi connectivity index (χ3n) is 10.1. The lowest BCUT2D eigenvalue weighted by Gasteiger charge is -2.11. The standard InChI is InChI=1S/C51H33N3O/c1-4-13-34(14-5-1)37-19-10-20-38(29-37)39-21-11-22-40(30-39)41-23-12-24-43(31-41)50-52-49(36-17-8-3-9-18-36)53-51(54-50)44-25-27-45-46-32-42(35-15-6-2-7-16-35)26-28-47(46)55-48(45)33-44/h1-33H. The van der Waals surface area contributed by atoms with E-state index in [2.05, 4.69) is 152 Å². The monoisotopic (exact) mass is 703 g/mol. The highest BCUT2D eigenvalue weighted by Crippen LogP contribution is 2.36. The third kappa shape index (κ3) is 6.36. The molecule has 0 saturated carbocycles. The maximum Gasteiger partial charge on any atom is 0.164 e. The summed E-state index contributed by atoms with van der Waals surface area (Å²) in [6, 6.07) is 69.5. The molecular weight excluding hydrogens is 671 g/mol. The molecule has 0 spiro atoms. The molecule has 0 radical (unpaired) electrons. The van der Waals surface area contributed by atoms with Crippen molar-refractivity contribution in [1.29, 1.82) is 0 Å². The topological polar surface area (TPSA) is 51.8 Å². The lowest BCUT2D eigenvalue weighted by Crippen LogP contribution is -2.00. The van der Waals surface area contributed by atoms with Crippen LogP contribution in [-0.2, 0) is 0 Å². The maximum absolute atomic E-state index is 6.40. The largest absolute Gasteiger partial charge is 0.456 e. The lowest BCUT2D eigenvalue weighted by atomic mass is 9.95. The Hall–Kier alpha value is -7.43. The first kappa shape index (κ1) is 32.2. The van der Waals surface area contributed by atoms with Gasteiger partial charge in [0.25, 0.3) is 0 Å². The summed E-state index contributed by atoms with van der Waals surface area (Å²) in [5.41, 5.74) is 13.6. The Morgan fingerprint density at radius 3 is 1.16 bits per heavy atom. The van der Waals surface area contributed by atoms with Crippen molar-refractivity contribution in [2.75, 3.05) is 0 Å². The number of hydrogen-bond donors (Lipinski definition) is 0. The molecule has 4 nitrogen and oxygen atoms in total. The molecule has 4 heteroatoms. The van der Waals surface area contributed by atoms with E-state index in [9.17, 15) is 0 Å². The second kappa shape index (κ2) is 13.8. The Labute approximate surface area is 319 Å². The van der Waals surface area contributed by atoms with Gasteiger partial charge in [-0.1, -0.05) is 158 Å². The number of hydrogen-bond acceptors (Lipinski definition) is 4. The molecule has 2 heterocycles. The molecular formula is C51H33N3O. The molecule has 0 fully saturated rings. The lowest BCUT2D eigenvalue weighted by molar-refractivity contribution is 0.669. The van der Waals surface area contributed by atoms with Gasteiger partial charge in [0.2, 0.25) is 0 Å². The molecule has 2 aromatic heterocycles. The van der Waals surface area contributed by atoms with Crippen molar-refractivity contribution >= 4 is 21.9 Å². The van der Waals surface area contributed by atoms with Crippen molar-refractivity contribution < 1.29 is 4.42 Å². The molecule has 0 bridgehead atoms. The zero-order valence-corrected chi connectivity index (χ0v) is 29.8. The Balaban J connectivity index is 1.03. The van der Waals surface area contributed by atoms with Gasteiger partial charge in [0.1, 0.15) is 11.2 Å². The van der Waals surface area contributed by atoms with E-state index in [1.54, 1.807) is 0 Å². The number of benzene rings is 8. The molecule has 8 aromatic carbocycles. The second-order valence-electron chi connectivity index (χ2n) is 13.7. The number of furan rings is 1. The van der Waals surface area contributed by atoms with E-state index in [-0.39, 0.29) is 0 Å². The summed E-state index contributed by atoms with van der Waals surface area (Å²) in [7, 11) is 0. The minimum Gasteiger partial charge on any atom is -0.456 e. The van der Waals surface area contributed by atoms with Crippen molar-refractivity contribution in [3.8, 4) is 78.7 Å². The van der Waals surface area contributed by atoms with E-state index in [1.807, 2.05) is 48.5 Å². The molecule has 0 aliphatic carbocycles. The van der Waals surface area contributed by atoms with Crippen LogP contribution in [0.15, 0.2) is 205 Å². The predicted octanol–water partition coefficient (Wildman–Crippen LogP) is 13.4. The van der Waals surface area contributed by atoms with Gasteiger partial charge >= 0.3 is 0 Å². The first-order valence-electron chi connectivity index (χ1n) is 18.4. The Bertz CT molecular complexity index is 2970. The summed E-state index contributed by atoms with van der Waals surface area (Å²) in [4.78, 5) is 15.1. The van der Waals surface area contributed by atoms with Crippen LogP contribution in [0, 0.1) is 0 Å². The summed E-state index contributed by atoms with van der Waals surface area (Å²) in [5.74, 6) is 1.81. The molecule has 0 saturated heterocycles. The van der Waals surface area contributed by atoms with Crippen LogP contribution < -0.4 is 0 Å². The molecule has 0 aliphatic heterocycles. The van der Waals surface area contributed by atoms with Gasteiger partial charge in [-0.2, -0.15) is 0 Å². The van der Waals surface area contributed by atoms with Crippen LogP contribution in [0.2, 0.25) is 0 Å². The van der Waals surface area contributed by atoms with Gasteiger partial charge < -0.3 is 4.42 Å². The van der Waals surface area contributed by atoms with Gasteiger partial charge in [0.05, 0.1) is 0 Å². The van der Waals surface area contributed by atoms with Gasteiger partial charge in [-0.05, 0) is 87.0 Å². The van der Waals surface area contributed by atoms with Crippen LogP contribution in [0.4, 0.5) is 0 Å². The first-order chi connectivity index (χ1) is 27.2. The predicted molar refractivity (Wildman–Crippen MR) is 225 cm³/mol. The molecule has 10 aromatic rings. The summed E-state index contributed by atoms with van der Waals surface area (Å²) < 4.78 is 6.40. The molecule has 0 unspecified atom stereocenters. The van der Waals surface area contributed by atoms with Crippen LogP contribution in [0.1, 0.15) is 0 Å². The van der Waals surface area contributed by atoms with E-state index < -0.39 is 0 Å². The minimum absolute atomic E-state index is 0.585. The van der Waals surface area contributed by atoms with Gasteiger partial charge in [-0.25, -0.2) is 15.0 Å². The normalized spacial score (nSPS) is 11.3. The fourth-order valence-electron chi connectivity index (χ4n) is 7.30. The van der Waals surface area contributed by atoms with Crippen molar-refractivity contribution in [3.05, 3.63) is 200 Å². The van der Waals surface area contributed by atoms with Gasteiger partial charge in [-0.15, -0.1) is 0 Å². The average molecular weight is 704 g/mol. The number of nitrogens with zero attached hydrogens (tertiary/aromatic N) is 3. The highest BCUT2D eigenvalue weighted by Gasteiger charge is 2.16. The van der Waals surface area contributed by atoms with E-state index in [1.165, 1.54) is 22.3 Å². The van der Waals surface area contributed by atoms with Crippen LogP contribution >= 0.6 is 0 Å². The third-order valence-corrected chi connectivity index (χ3v) is 10.1. The fraction of sp³-hybridized carbons (Fsp3) is 0. The van der Waals surface area contributed by atoms with Crippen LogP contribution in [0.3, 0.4) is 0 Å². The second-order valence-corrected chi connectivity index (χ2v) is 13.7. The van der Waals surface area contributed by atoms with E-state index in [0.717, 1.165) is 60.9 Å². The summed E-state index contributed by atoms with van der Waals surface area (Å²) in [6.45, 7) is 0. The highest BCUT2D eigenvalue weighted by atomic mass is 16.3. The van der Waals surface area contributed by atoms with Crippen molar-refractivity contribution in [2.45, 2.75) is 0 Å². The minimum atomic E-state index is 0.585. The zero-order valence-electron chi connectivity index (χ0n) is 29.8. The van der Waals surface area contributed by atoms with E-state index in [0.29, 0.717) is 17.5 Å². The van der Waals surface area contributed by atoms with Crippen molar-refractivity contribution in [3.63, 3.8) is 0 Å². The van der Waals surface area contributed by atoms with Crippen LogP contribution in [0.25, 0.3) is 101 Å². The molecule has 0 aliphatic rings.